The van der Waals surface area contributed by atoms with Crippen LogP contribution in [0, 0.1) is 5.41 Å². The predicted molar refractivity (Wildman–Crippen MR) is 77.9 cm³/mol. The first-order valence-corrected chi connectivity index (χ1v) is 10.8. The van der Waals surface area contributed by atoms with Crippen LogP contribution in [0.25, 0.3) is 0 Å². The lowest BCUT2D eigenvalue weighted by atomic mass is 9.97. The Kier molecular flexibility index (Phi) is 6.14. The highest BCUT2D eigenvalue weighted by Gasteiger charge is 2.48. The van der Waals surface area contributed by atoms with Gasteiger partial charge in [-0.05, 0) is 18.1 Å². The summed E-state index contributed by atoms with van der Waals surface area (Å²) >= 11 is 0. The SMILES string of the molecule is CC(C)(CO[Si](C)(C)C(C)(C)C)COS(=O)(=O)C(F)(F)F. The minimum atomic E-state index is -5.56. The lowest BCUT2D eigenvalue weighted by Crippen LogP contribution is -2.44. The third kappa shape index (κ3) is 6.25. The van der Waals surface area contributed by atoms with Crippen LogP contribution < -0.4 is 0 Å². The van der Waals surface area contributed by atoms with Crippen molar-refractivity contribution in [3.05, 3.63) is 0 Å². The second kappa shape index (κ2) is 6.17. The van der Waals surface area contributed by atoms with E-state index >= 15 is 0 Å². The molecule has 0 spiro atoms. The van der Waals surface area contributed by atoms with Gasteiger partial charge in [-0.15, -0.1) is 0 Å². The first-order chi connectivity index (χ1) is 8.91. The Hall–Kier alpha value is -0.123. The zero-order chi connectivity index (χ0) is 17.3. The molecular formula is C12H25F3O4SSi. The summed E-state index contributed by atoms with van der Waals surface area (Å²) in [6.45, 7) is 12.9. The number of hydrogen-bond donors (Lipinski definition) is 0. The van der Waals surface area contributed by atoms with Gasteiger partial charge < -0.3 is 4.43 Å². The Balaban J connectivity index is 4.68. The summed E-state index contributed by atoms with van der Waals surface area (Å²) < 4.78 is 68.4. The Labute approximate surface area is 126 Å². The van der Waals surface area contributed by atoms with E-state index in [1.54, 1.807) is 13.8 Å². The fourth-order valence-corrected chi connectivity index (χ4v) is 2.73. The van der Waals surface area contributed by atoms with E-state index in [0.29, 0.717) is 0 Å². The van der Waals surface area contributed by atoms with Crippen molar-refractivity contribution >= 4 is 18.4 Å². The first kappa shape index (κ1) is 20.9. The van der Waals surface area contributed by atoms with Crippen LogP contribution in [0.15, 0.2) is 0 Å². The smallest absolute Gasteiger partial charge is 0.416 e. The van der Waals surface area contributed by atoms with Crippen LogP contribution in [-0.2, 0) is 18.7 Å². The standard InChI is InChI=1S/C12H25F3O4SSi/c1-10(2,3)21(6,7)19-9-11(4,5)8-18-20(16,17)12(13,14)15/h8-9H2,1-7H3. The fourth-order valence-electron chi connectivity index (χ4n) is 0.938. The molecule has 0 aliphatic heterocycles. The third-order valence-corrected chi connectivity index (χ3v) is 8.99. The van der Waals surface area contributed by atoms with E-state index in [0.717, 1.165) is 0 Å². The van der Waals surface area contributed by atoms with Gasteiger partial charge in [0.2, 0.25) is 0 Å². The minimum Gasteiger partial charge on any atom is -0.416 e. The van der Waals surface area contributed by atoms with Gasteiger partial charge >= 0.3 is 15.6 Å². The number of alkyl halides is 3. The second-order valence-corrected chi connectivity index (χ2v) is 13.8. The molecule has 0 aromatic rings. The highest BCUT2D eigenvalue weighted by molar-refractivity contribution is 7.87. The molecule has 0 aromatic heterocycles. The van der Waals surface area contributed by atoms with Gasteiger partial charge in [-0.2, -0.15) is 21.6 Å². The monoisotopic (exact) mass is 350 g/mol. The summed E-state index contributed by atoms with van der Waals surface area (Å²) in [5.41, 5.74) is -6.24. The van der Waals surface area contributed by atoms with Crippen LogP contribution in [0.1, 0.15) is 34.6 Å². The Morgan fingerprint density at radius 2 is 1.38 bits per heavy atom. The van der Waals surface area contributed by atoms with E-state index in [-0.39, 0.29) is 11.6 Å². The second-order valence-electron chi connectivity index (χ2n) is 7.38. The number of hydrogen-bond acceptors (Lipinski definition) is 4. The van der Waals surface area contributed by atoms with E-state index in [4.69, 9.17) is 4.43 Å². The highest BCUT2D eigenvalue weighted by atomic mass is 32.2. The maximum Gasteiger partial charge on any atom is 0.523 e. The minimum absolute atomic E-state index is 0.0397. The molecular weight excluding hydrogens is 325 g/mol. The fraction of sp³-hybridized carbons (Fsp3) is 1.00. The molecule has 0 unspecified atom stereocenters. The zero-order valence-corrected chi connectivity index (χ0v) is 15.4. The van der Waals surface area contributed by atoms with E-state index in [2.05, 4.69) is 4.18 Å². The molecule has 9 heteroatoms. The van der Waals surface area contributed by atoms with E-state index in [9.17, 15) is 21.6 Å². The average molecular weight is 350 g/mol. The zero-order valence-electron chi connectivity index (χ0n) is 13.6. The van der Waals surface area contributed by atoms with Crippen LogP contribution >= 0.6 is 0 Å². The molecule has 0 saturated heterocycles. The molecule has 0 atom stereocenters. The summed E-state index contributed by atoms with van der Waals surface area (Å²) in [5.74, 6) is 0. The van der Waals surface area contributed by atoms with E-state index < -0.39 is 36.0 Å². The van der Waals surface area contributed by atoms with Crippen LogP contribution in [-0.4, -0.2) is 35.5 Å². The lowest BCUT2D eigenvalue weighted by molar-refractivity contribution is -0.0569. The van der Waals surface area contributed by atoms with Crippen LogP contribution in [0.4, 0.5) is 13.2 Å². The summed E-state index contributed by atoms with van der Waals surface area (Å²) in [7, 11) is -7.61. The summed E-state index contributed by atoms with van der Waals surface area (Å²) in [4.78, 5) is 0. The lowest BCUT2D eigenvalue weighted by Gasteiger charge is -2.38. The van der Waals surface area contributed by atoms with Crippen LogP contribution in [0.2, 0.25) is 18.1 Å². The number of rotatable bonds is 6. The molecule has 0 N–H and O–H groups in total. The molecule has 0 bridgehead atoms. The van der Waals surface area contributed by atoms with Crippen molar-refractivity contribution in [3.63, 3.8) is 0 Å². The molecule has 0 rings (SSSR count). The first-order valence-electron chi connectivity index (χ1n) is 6.51. The maximum absolute atomic E-state index is 12.2. The predicted octanol–water partition coefficient (Wildman–Crippen LogP) is 3.90. The van der Waals surface area contributed by atoms with Crippen molar-refractivity contribution in [3.8, 4) is 0 Å². The molecule has 0 fully saturated rings. The Bertz CT molecular complexity index is 450. The molecule has 21 heavy (non-hydrogen) atoms. The van der Waals surface area contributed by atoms with Gasteiger partial charge in [0.05, 0.1) is 6.61 Å². The maximum atomic E-state index is 12.2. The summed E-state index contributed by atoms with van der Waals surface area (Å²) in [6, 6.07) is 0. The van der Waals surface area contributed by atoms with Gasteiger partial charge in [0, 0.05) is 12.0 Å². The highest BCUT2D eigenvalue weighted by Crippen LogP contribution is 2.37. The van der Waals surface area contributed by atoms with Crippen molar-refractivity contribution in [2.45, 2.75) is 58.3 Å². The van der Waals surface area contributed by atoms with E-state index in [1.807, 2.05) is 33.9 Å². The Morgan fingerprint density at radius 3 is 1.71 bits per heavy atom. The van der Waals surface area contributed by atoms with Crippen molar-refractivity contribution in [1.82, 2.24) is 0 Å². The quantitative estimate of drug-likeness (QED) is 0.414. The van der Waals surface area contributed by atoms with E-state index in [1.165, 1.54) is 0 Å². The van der Waals surface area contributed by atoms with Crippen LogP contribution in [0.5, 0.6) is 0 Å². The summed E-state index contributed by atoms with van der Waals surface area (Å²) in [6.07, 6.45) is 0. The van der Waals surface area contributed by atoms with Gasteiger partial charge in [0.15, 0.2) is 8.32 Å². The van der Waals surface area contributed by atoms with Gasteiger partial charge in [-0.1, -0.05) is 34.6 Å². The van der Waals surface area contributed by atoms with Gasteiger partial charge in [0.25, 0.3) is 0 Å². The molecule has 0 aliphatic rings. The largest absolute Gasteiger partial charge is 0.523 e. The average Bonchev–Trinajstić information content (AvgIpc) is 2.21. The molecule has 0 aromatic carbocycles. The topological polar surface area (TPSA) is 52.6 Å². The molecule has 0 amide bonds. The van der Waals surface area contributed by atoms with Gasteiger partial charge in [-0.3, -0.25) is 4.18 Å². The van der Waals surface area contributed by atoms with Gasteiger partial charge in [0.1, 0.15) is 0 Å². The normalized spacial score (nSPS) is 15.3. The van der Waals surface area contributed by atoms with Crippen molar-refractivity contribution in [2.75, 3.05) is 13.2 Å². The molecule has 0 radical (unpaired) electrons. The van der Waals surface area contributed by atoms with Crippen molar-refractivity contribution in [2.24, 2.45) is 5.41 Å². The van der Waals surface area contributed by atoms with Crippen LogP contribution in [0.3, 0.4) is 0 Å². The molecule has 0 aliphatic carbocycles. The molecule has 4 nitrogen and oxygen atoms in total. The molecule has 128 valence electrons. The molecule has 0 heterocycles. The van der Waals surface area contributed by atoms with Crippen molar-refractivity contribution in [1.29, 1.82) is 0 Å². The summed E-state index contributed by atoms with van der Waals surface area (Å²) in [5, 5.41) is -0.0397. The number of halogens is 3. The third-order valence-electron chi connectivity index (χ3n) is 3.52. The van der Waals surface area contributed by atoms with Gasteiger partial charge in [-0.25, -0.2) is 0 Å². The van der Waals surface area contributed by atoms with Crippen molar-refractivity contribution < 1.29 is 30.2 Å². The molecule has 0 saturated carbocycles. The Morgan fingerprint density at radius 1 is 0.952 bits per heavy atom.